The number of rotatable bonds is 2. The van der Waals surface area contributed by atoms with E-state index in [9.17, 15) is 0 Å². The summed E-state index contributed by atoms with van der Waals surface area (Å²) in [7, 11) is 0. The monoisotopic (exact) mass is 148 g/mol. The molecule has 0 aromatic rings. The van der Waals surface area contributed by atoms with Gasteiger partial charge in [-0.3, -0.25) is 0 Å². The lowest BCUT2D eigenvalue weighted by atomic mass is 10.1. The second-order valence-electron chi connectivity index (χ2n) is 2.39. The predicted octanol–water partition coefficient (Wildman–Crippen LogP) is 1.61. The third kappa shape index (κ3) is 2.10. The summed E-state index contributed by atoms with van der Waals surface area (Å²) in [5.41, 5.74) is 5.05. The molecule has 0 aromatic heterocycles. The Balaban J connectivity index is 2.91. The Morgan fingerprint density at radius 1 is 1.64 bits per heavy atom. The van der Waals surface area contributed by atoms with Gasteiger partial charge in [0.2, 0.25) is 0 Å². The summed E-state index contributed by atoms with van der Waals surface area (Å²) < 4.78 is 0. The van der Waals surface area contributed by atoms with Crippen molar-refractivity contribution in [2.75, 3.05) is 6.54 Å². The first kappa shape index (κ1) is 7.83. The van der Waals surface area contributed by atoms with Crippen LogP contribution in [0.2, 0.25) is 0 Å². The van der Waals surface area contributed by atoms with E-state index in [1.165, 1.54) is 6.21 Å². The number of nitrogens with one attached hydrogen (secondary N) is 2. The Bertz CT molecular complexity index is 242. The highest BCUT2D eigenvalue weighted by Crippen LogP contribution is 2.03. The molecule has 1 heterocycles. The third-order valence-corrected chi connectivity index (χ3v) is 1.51. The van der Waals surface area contributed by atoms with Crippen molar-refractivity contribution in [1.29, 1.82) is 5.41 Å². The van der Waals surface area contributed by atoms with Gasteiger partial charge in [0.25, 0.3) is 0 Å². The second kappa shape index (κ2) is 3.79. The Hall–Kier alpha value is -1.27. The SMILES string of the molecule is C/C=C\C1=C=C(C=N)CCN1. The smallest absolute Gasteiger partial charge is 0.0773 e. The van der Waals surface area contributed by atoms with Gasteiger partial charge in [-0.25, -0.2) is 0 Å². The van der Waals surface area contributed by atoms with Gasteiger partial charge < -0.3 is 10.7 Å². The van der Waals surface area contributed by atoms with Gasteiger partial charge in [-0.2, -0.15) is 0 Å². The lowest BCUT2D eigenvalue weighted by Crippen LogP contribution is -2.17. The highest BCUT2D eigenvalue weighted by molar-refractivity contribution is 5.75. The summed E-state index contributed by atoms with van der Waals surface area (Å²) in [5, 5.41) is 10.2. The summed E-state index contributed by atoms with van der Waals surface area (Å²) in [6.45, 7) is 2.88. The van der Waals surface area contributed by atoms with Gasteiger partial charge in [-0.1, -0.05) is 11.8 Å². The molecule has 0 unspecified atom stereocenters. The van der Waals surface area contributed by atoms with Crippen LogP contribution in [-0.2, 0) is 0 Å². The molecule has 0 radical (unpaired) electrons. The van der Waals surface area contributed by atoms with Crippen molar-refractivity contribution in [2.24, 2.45) is 0 Å². The molecule has 0 aliphatic carbocycles. The minimum Gasteiger partial charge on any atom is -0.378 e. The molecular weight excluding hydrogens is 136 g/mol. The number of hydrogen-bond donors (Lipinski definition) is 2. The van der Waals surface area contributed by atoms with Gasteiger partial charge in [-0.15, -0.1) is 0 Å². The Morgan fingerprint density at radius 2 is 2.45 bits per heavy atom. The van der Waals surface area contributed by atoms with Crippen LogP contribution in [-0.4, -0.2) is 12.8 Å². The van der Waals surface area contributed by atoms with Gasteiger partial charge >= 0.3 is 0 Å². The summed E-state index contributed by atoms with van der Waals surface area (Å²) in [6.07, 6.45) is 6.19. The van der Waals surface area contributed by atoms with Crippen molar-refractivity contribution in [3.8, 4) is 0 Å². The van der Waals surface area contributed by atoms with E-state index in [4.69, 9.17) is 5.41 Å². The molecule has 0 atom stereocenters. The van der Waals surface area contributed by atoms with Crippen molar-refractivity contribution in [3.63, 3.8) is 0 Å². The molecule has 0 amide bonds. The van der Waals surface area contributed by atoms with Gasteiger partial charge in [0.15, 0.2) is 0 Å². The first-order valence-corrected chi connectivity index (χ1v) is 3.73. The van der Waals surface area contributed by atoms with Crippen LogP contribution in [0.3, 0.4) is 0 Å². The fourth-order valence-electron chi connectivity index (χ4n) is 0.987. The average Bonchev–Trinajstić information content (AvgIpc) is 2.06. The first-order chi connectivity index (χ1) is 5.36. The summed E-state index contributed by atoms with van der Waals surface area (Å²) >= 11 is 0. The molecule has 0 aromatic carbocycles. The zero-order valence-electron chi connectivity index (χ0n) is 6.65. The molecule has 1 rings (SSSR count). The quantitative estimate of drug-likeness (QED) is 0.453. The zero-order valence-corrected chi connectivity index (χ0v) is 6.65. The van der Waals surface area contributed by atoms with Crippen molar-refractivity contribution >= 4 is 6.21 Å². The fourth-order valence-corrected chi connectivity index (χ4v) is 0.987. The minimum atomic E-state index is 0.907. The maximum Gasteiger partial charge on any atom is 0.0773 e. The van der Waals surface area contributed by atoms with Crippen LogP contribution < -0.4 is 5.32 Å². The van der Waals surface area contributed by atoms with Gasteiger partial charge in [0.05, 0.1) is 5.70 Å². The summed E-state index contributed by atoms with van der Waals surface area (Å²) in [5.74, 6) is 0. The molecular formula is C9H12N2. The number of allylic oxidation sites excluding steroid dienone is 1. The van der Waals surface area contributed by atoms with E-state index in [2.05, 4.69) is 11.0 Å². The molecule has 0 spiro atoms. The molecule has 2 nitrogen and oxygen atoms in total. The molecule has 2 N–H and O–H groups in total. The zero-order chi connectivity index (χ0) is 8.10. The topological polar surface area (TPSA) is 35.9 Å². The van der Waals surface area contributed by atoms with Crippen LogP contribution in [0.5, 0.6) is 0 Å². The fraction of sp³-hybridized carbons (Fsp3) is 0.333. The molecule has 11 heavy (non-hydrogen) atoms. The maximum atomic E-state index is 7.03. The highest BCUT2D eigenvalue weighted by Gasteiger charge is 1.99. The number of hydrogen-bond acceptors (Lipinski definition) is 2. The molecule has 0 saturated carbocycles. The van der Waals surface area contributed by atoms with Crippen molar-refractivity contribution in [1.82, 2.24) is 5.32 Å². The van der Waals surface area contributed by atoms with Gasteiger partial charge in [0, 0.05) is 18.3 Å². The lowest BCUT2D eigenvalue weighted by Gasteiger charge is -2.09. The first-order valence-electron chi connectivity index (χ1n) is 3.73. The van der Waals surface area contributed by atoms with E-state index in [-0.39, 0.29) is 0 Å². The van der Waals surface area contributed by atoms with Crippen molar-refractivity contribution in [2.45, 2.75) is 13.3 Å². The Morgan fingerprint density at radius 3 is 3.09 bits per heavy atom. The van der Waals surface area contributed by atoms with Gasteiger partial charge in [0.1, 0.15) is 0 Å². The summed E-state index contributed by atoms with van der Waals surface area (Å²) in [6, 6.07) is 0. The van der Waals surface area contributed by atoms with E-state index < -0.39 is 0 Å². The van der Waals surface area contributed by atoms with E-state index in [1.54, 1.807) is 0 Å². The largest absolute Gasteiger partial charge is 0.378 e. The second-order valence-corrected chi connectivity index (χ2v) is 2.39. The lowest BCUT2D eigenvalue weighted by molar-refractivity contribution is 0.794. The van der Waals surface area contributed by atoms with Crippen LogP contribution in [0.25, 0.3) is 0 Å². The standard InChI is InChI=1S/C9H12N2/c1-2-3-9-6-8(7-10)4-5-11-9/h2-3,7,10-11H,4-5H2,1H3/b3-2-,10-7?. The Labute approximate surface area is 66.8 Å². The Kier molecular flexibility index (Phi) is 2.70. The van der Waals surface area contributed by atoms with E-state index in [0.29, 0.717) is 0 Å². The molecule has 0 bridgehead atoms. The van der Waals surface area contributed by atoms with E-state index in [0.717, 1.165) is 24.2 Å². The molecule has 1 aliphatic heterocycles. The van der Waals surface area contributed by atoms with E-state index in [1.807, 2.05) is 19.1 Å². The van der Waals surface area contributed by atoms with Crippen LogP contribution in [0.15, 0.2) is 29.2 Å². The van der Waals surface area contributed by atoms with Crippen LogP contribution in [0.4, 0.5) is 0 Å². The van der Waals surface area contributed by atoms with Crippen molar-refractivity contribution < 1.29 is 0 Å². The predicted molar refractivity (Wildman–Crippen MR) is 46.8 cm³/mol. The molecule has 0 saturated heterocycles. The normalized spacial score (nSPS) is 17.2. The minimum absolute atomic E-state index is 0.907. The van der Waals surface area contributed by atoms with Crippen LogP contribution >= 0.6 is 0 Å². The highest BCUT2D eigenvalue weighted by atomic mass is 14.9. The van der Waals surface area contributed by atoms with Crippen LogP contribution in [0, 0.1) is 5.41 Å². The maximum absolute atomic E-state index is 7.03. The summed E-state index contributed by atoms with van der Waals surface area (Å²) in [4.78, 5) is 0. The van der Waals surface area contributed by atoms with Crippen molar-refractivity contribution in [3.05, 3.63) is 29.2 Å². The van der Waals surface area contributed by atoms with Gasteiger partial charge in [-0.05, 0) is 19.4 Å². The molecule has 58 valence electrons. The third-order valence-electron chi connectivity index (χ3n) is 1.51. The molecule has 1 aliphatic rings. The average molecular weight is 148 g/mol. The molecule has 0 fully saturated rings. The van der Waals surface area contributed by atoms with E-state index >= 15 is 0 Å². The molecule has 2 heteroatoms. The van der Waals surface area contributed by atoms with Crippen LogP contribution in [0.1, 0.15) is 13.3 Å².